The molecule has 0 unspecified atom stereocenters. The van der Waals surface area contributed by atoms with Crippen LogP contribution in [0.3, 0.4) is 0 Å². The number of hydrogen-bond acceptors (Lipinski definition) is 3. The van der Waals surface area contributed by atoms with Crippen molar-refractivity contribution in [1.29, 1.82) is 0 Å². The minimum absolute atomic E-state index is 0.0117. The number of carbonyl (C=O) groups excluding carboxylic acids is 1. The lowest BCUT2D eigenvalue weighted by Crippen LogP contribution is -2.30. The highest BCUT2D eigenvalue weighted by Crippen LogP contribution is 2.17. The largest absolute Gasteiger partial charge is 0.363 e. The zero-order valence-electron chi connectivity index (χ0n) is 10.7. The highest BCUT2D eigenvalue weighted by molar-refractivity contribution is 6.29. The summed E-state index contributed by atoms with van der Waals surface area (Å²) in [5, 5.41) is 0.340. The predicted molar refractivity (Wildman–Crippen MR) is 70.8 cm³/mol. The summed E-state index contributed by atoms with van der Waals surface area (Å²) in [5.41, 5.74) is 0.581. The van der Waals surface area contributed by atoms with E-state index in [-0.39, 0.29) is 5.91 Å². The molecule has 0 spiro atoms. The Morgan fingerprint density at radius 1 is 1.29 bits per heavy atom. The van der Waals surface area contributed by atoms with E-state index in [0.29, 0.717) is 29.6 Å². The second kappa shape index (κ2) is 5.87. The van der Waals surface area contributed by atoms with Crippen molar-refractivity contribution >= 4 is 23.3 Å². The third kappa shape index (κ3) is 3.33. The van der Waals surface area contributed by atoms with Gasteiger partial charge in [-0.15, -0.1) is 0 Å². The second-order valence-corrected chi connectivity index (χ2v) is 4.30. The molecule has 1 aromatic heterocycles. The molecule has 5 heteroatoms. The van der Waals surface area contributed by atoms with Gasteiger partial charge in [-0.05, 0) is 26.0 Å². The van der Waals surface area contributed by atoms with Crippen LogP contribution < -0.4 is 4.90 Å². The smallest absolute Gasteiger partial charge is 0.254 e. The fourth-order valence-electron chi connectivity index (χ4n) is 1.53. The van der Waals surface area contributed by atoms with Crippen molar-refractivity contribution in [3.8, 4) is 0 Å². The summed E-state index contributed by atoms with van der Waals surface area (Å²) >= 11 is 5.92. The lowest BCUT2D eigenvalue weighted by atomic mass is 10.2. The van der Waals surface area contributed by atoms with Crippen molar-refractivity contribution in [2.24, 2.45) is 0 Å². The molecule has 0 N–H and O–H groups in total. The Kier molecular flexibility index (Phi) is 4.75. The molecule has 94 valence electrons. The van der Waals surface area contributed by atoms with Crippen molar-refractivity contribution < 1.29 is 4.79 Å². The van der Waals surface area contributed by atoms with Crippen LogP contribution in [0, 0.1) is 0 Å². The zero-order valence-corrected chi connectivity index (χ0v) is 11.5. The number of pyridine rings is 1. The van der Waals surface area contributed by atoms with Gasteiger partial charge in [0.25, 0.3) is 5.91 Å². The van der Waals surface area contributed by atoms with Gasteiger partial charge in [0.1, 0.15) is 11.0 Å². The third-order valence-corrected chi connectivity index (χ3v) is 2.73. The molecule has 0 atom stereocenters. The highest BCUT2D eigenvalue weighted by atomic mass is 35.5. The molecule has 0 saturated heterocycles. The van der Waals surface area contributed by atoms with E-state index in [1.54, 1.807) is 17.0 Å². The molecular weight excluding hydrogens is 238 g/mol. The number of aromatic nitrogens is 1. The van der Waals surface area contributed by atoms with Gasteiger partial charge in [-0.3, -0.25) is 4.79 Å². The minimum Gasteiger partial charge on any atom is -0.363 e. The third-order valence-electron chi connectivity index (χ3n) is 2.54. The van der Waals surface area contributed by atoms with Crippen molar-refractivity contribution in [2.75, 3.05) is 32.1 Å². The summed E-state index contributed by atoms with van der Waals surface area (Å²) in [7, 11) is 3.73. The first-order valence-electron chi connectivity index (χ1n) is 5.63. The van der Waals surface area contributed by atoms with Crippen LogP contribution in [-0.4, -0.2) is 43.0 Å². The SMILES string of the molecule is CCN(CC)C(=O)c1cc(Cl)nc(N(C)C)c1. The molecular formula is C12H18ClN3O. The first-order valence-corrected chi connectivity index (χ1v) is 6.01. The number of carbonyl (C=O) groups is 1. The van der Waals surface area contributed by atoms with Crippen LogP contribution in [-0.2, 0) is 0 Å². The molecule has 0 saturated carbocycles. The fourth-order valence-corrected chi connectivity index (χ4v) is 1.73. The van der Waals surface area contributed by atoms with Crippen LogP contribution in [0.2, 0.25) is 5.15 Å². The van der Waals surface area contributed by atoms with Gasteiger partial charge in [-0.25, -0.2) is 4.98 Å². The summed E-state index contributed by atoms with van der Waals surface area (Å²) in [6.07, 6.45) is 0. The quantitative estimate of drug-likeness (QED) is 0.775. The van der Waals surface area contributed by atoms with Gasteiger partial charge in [-0.2, -0.15) is 0 Å². The average molecular weight is 256 g/mol. The molecule has 0 radical (unpaired) electrons. The summed E-state index contributed by atoms with van der Waals surface area (Å²) in [6.45, 7) is 5.28. The van der Waals surface area contributed by atoms with Gasteiger partial charge < -0.3 is 9.80 Å². The standard InChI is InChI=1S/C12H18ClN3O/c1-5-16(6-2)12(17)9-7-10(13)14-11(8-9)15(3)4/h7-8H,5-6H2,1-4H3. The molecule has 1 rings (SSSR count). The lowest BCUT2D eigenvalue weighted by Gasteiger charge is -2.20. The number of nitrogens with zero attached hydrogens (tertiary/aromatic N) is 3. The minimum atomic E-state index is -0.0117. The number of anilines is 1. The van der Waals surface area contributed by atoms with Gasteiger partial charge in [0.05, 0.1) is 0 Å². The van der Waals surface area contributed by atoms with Crippen LogP contribution in [0.25, 0.3) is 0 Å². The second-order valence-electron chi connectivity index (χ2n) is 3.91. The van der Waals surface area contributed by atoms with E-state index in [4.69, 9.17) is 11.6 Å². The van der Waals surface area contributed by atoms with E-state index < -0.39 is 0 Å². The van der Waals surface area contributed by atoms with Gasteiger partial charge in [0.2, 0.25) is 0 Å². The molecule has 4 nitrogen and oxygen atoms in total. The van der Waals surface area contributed by atoms with Crippen molar-refractivity contribution in [1.82, 2.24) is 9.88 Å². The van der Waals surface area contributed by atoms with E-state index in [9.17, 15) is 4.79 Å². The van der Waals surface area contributed by atoms with E-state index in [0.717, 1.165) is 0 Å². The molecule has 17 heavy (non-hydrogen) atoms. The molecule has 0 aliphatic rings. The molecule has 0 bridgehead atoms. The molecule has 0 fully saturated rings. The van der Waals surface area contributed by atoms with Crippen LogP contribution >= 0.6 is 11.6 Å². The Balaban J connectivity index is 3.09. The first-order chi connectivity index (χ1) is 7.99. The van der Waals surface area contributed by atoms with Crippen LogP contribution in [0.1, 0.15) is 24.2 Å². The lowest BCUT2D eigenvalue weighted by molar-refractivity contribution is 0.0773. The Morgan fingerprint density at radius 2 is 1.88 bits per heavy atom. The normalized spacial score (nSPS) is 10.2. The molecule has 0 aliphatic heterocycles. The summed E-state index contributed by atoms with van der Waals surface area (Å²) < 4.78 is 0. The van der Waals surface area contributed by atoms with Crippen LogP contribution in [0.4, 0.5) is 5.82 Å². The van der Waals surface area contributed by atoms with Gasteiger partial charge >= 0.3 is 0 Å². The fraction of sp³-hybridized carbons (Fsp3) is 0.500. The predicted octanol–water partition coefficient (Wildman–Crippen LogP) is 2.28. The Hall–Kier alpha value is -1.29. The maximum atomic E-state index is 12.2. The molecule has 1 aromatic rings. The summed E-state index contributed by atoms with van der Waals surface area (Å²) in [4.78, 5) is 19.9. The van der Waals surface area contributed by atoms with Gasteiger partial charge in [0, 0.05) is 32.7 Å². The van der Waals surface area contributed by atoms with Gasteiger partial charge in [0.15, 0.2) is 0 Å². The molecule has 1 heterocycles. The number of halogens is 1. The highest BCUT2D eigenvalue weighted by Gasteiger charge is 2.15. The summed E-state index contributed by atoms with van der Waals surface area (Å²) in [5.74, 6) is 0.676. The van der Waals surface area contributed by atoms with E-state index in [2.05, 4.69) is 4.98 Å². The average Bonchev–Trinajstić information content (AvgIpc) is 2.29. The Morgan fingerprint density at radius 3 is 2.35 bits per heavy atom. The Bertz CT molecular complexity index is 403. The molecule has 0 aliphatic carbocycles. The van der Waals surface area contributed by atoms with Crippen molar-refractivity contribution in [2.45, 2.75) is 13.8 Å². The van der Waals surface area contributed by atoms with E-state index >= 15 is 0 Å². The maximum absolute atomic E-state index is 12.2. The monoisotopic (exact) mass is 255 g/mol. The molecule has 1 amide bonds. The topological polar surface area (TPSA) is 36.4 Å². The van der Waals surface area contributed by atoms with Crippen LogP contribution in [0.15, 0.2) is 12.1 Å². The van der Waals surface area contributed by atoms with E-state index in [1.807, 2.05) is 32.8 Å². The number of rotatable bonds is 4. The molecule has 0 aromatic carbocycles. The zero-order chi connectivity index (χ0) is 13.0. The van der Waals surface area contributed by atoms with Gasteiger partial charge in [-0.1, -0.05) is 11.6 Å². The number of hydrogen-bond donors (Lipinski definition) is 0. The van der Waals surface area contributed by atoms with Crippen molar-refractivity contribution in [3.63, 3.8) is 0 Å². The Labute approximate surface area is 107 Å². The first kappa shape index (κ1) is 13.8. The summed E-state index contributed by atoms with van der Waals surface area (Å²) in [6, 6.07) is 3.36. The van der Waals surface area contributed by atoms with Crippen molar-refractivity contribution in [3.05, 3.63) is 22.8 Å². The van der Waals surface area contributed by atoms with Crippen LogP contribution in [0.5, 0.6) is 0 Å². The number of amides is 1. The maximum Gasteiger partial charge on any atom is 0.254 e. The van der Waals surface area contributed by atoms with E-state index in [1.165, 1.54) is 0 Å².